The second-order valence-corrected chi connectivity index (χ2v) is 7.20. The van der Waals surface area contributed by atoms with Crippen molar-refractivity contribution < 1.29 is 18.3 Å². The quantitative estimate of drug-likeness (QED) is 0.735. The Bertz CT molecular complexity index is 817. The fourth-order valence-corrected chi connectivity index (χ4v) is 3.00. The largest absolute Gasteiger partial charge is 0.387 e. The number of amides is 1. The number of aliphatic hydroxyl groups is 1. The Kier molecular flexibility index (Phi) is 5.71. The van der Waals surface area contributed by atoms with Crippen LogP contribution in [0, 0.1) is 6.92 Å². The Balaban J connectivity index is 2.01. The van der Waals surface area contributed by atoms with E-state index in [4.69, 9.17) is 0 Å². The van der Waals surface area contributed by atoms with Gasteiger partial charge in [0, 0.05) is 12.1 Å². The van der Waals surface area contributed by atoms with E-state index in [9.17, 15) is 18.3 Å². The predicted octanol–water partition coefficient (Wildman–Crippen LogP) is 1.37. The van der Waals surface area contributed by atoms with Crippen molar-refractivity contribution in [3.8, 4) is 0 Å². The summed E-state index contributed by atoms with van der Waals surface area (Å²) >= 11 is 0. The summed E-state index contributed by atoms with van der Waals surface area (Å²) in [6.45, 7) is 1.96. The van der Waals surface area contributed by atoms with Crippen LogP contribution in [-0.2, 0) is 10.0 Å². The molecule has 24 heavy (non-hydrogen) atoms. The second kappa shape index (κ2) is 7.57. The molecule has 2 rings (SSSR count). The summed E-state index contributed by atoms with van der Waals surface area (Å²) < 4.78 is 25.5. The van der Waals surface area contributed by atoms with Crippen LogP contribution in [0.4, 0.5) is 0 Å². The van der Waals surface area contributed by atoms with Crippen LogP contribution in [0.25, 0.3) is 0 Å². The third-order valence-electron chi connectivity index (χ3n) is 3.70. The summed E-state index contributed by atoms with van der Waals surface area (Å²) in [6, 6.07) is 13.0. The van der Waals surface area contributed by atoms with E-state index in [-0.39, 0.29) is 17.3 Å². The lowest BCUT2D eigenvalue weighted by Crippen LogP contribution is -2.28. The Labute approximate surface area is 141 Å². The minimum atomic E-state index is -3.53. The fourth-order valence-electron chi connectivity index (χ4n) is 2.27. The van der Waals surface area contributed by atoms with Crippen LogP contribution in [0.5, 0.6) is 0 Å². The van der Waals surface area contributed by atoms with Gasteiger partial charge in [-0.05, 0) is 49.4 Å². The summed E-state index contributed by atoms with van der Waals surface area (Å²) in [6.07, 6.45) is -0.806. The van der Waals surface area contributed by atoms with E-state index in [2.05, 4.69) is 10.0 Å². The molecule has 2 aromatic rings. The van der Waals surface area contributed by atoms with Gasteiger partial charge in [-0.15, -0.1) is 0 Å². The number of sulfonamides is 1. The number of nitrogens with one attached hydrogen (secondary N) is 2. The maximum Gasteiger partial charge on any atom is 0.251 e. The predicted molar refractivity (Wildman–Crippen MR) is 91.2 cm³/mol. The third-order valence-corrected chi connectivity index (χ3v) is 5.13. The summed E-state index contributed by atoms with van der Waals surface area (Å²) in [5.74, 6) is -0.379. The zero-order valence-corrected chi connectivity index (χ0v) is 14.3. The molecule has 0 saturated heterocycles. The van der Waals surface area contributed by atoms with E-state index < -0.39 is 16.1 Å². The molecule has 3 N–H and O–H groups in total. The van der Waals surface area contributed by atoms with Crippen molar-refractivity contribution in [3.05, 3.63) is 65.2 Å². The molecule has 7 heteroatoms. The average molecular weight is 348 g/mol. The van der Waals surface area contributed by atoms with E-state index in [1.165, 1.54) is 31.3 Å². The molecule has 0 bridgehead atoms. The van der Waals surface area contributed by atoms with Crippen molar-refractivity contribution in [1.82, 2.24) is 10.0 Å². The SMILES string of the molecule is CNS(=O)(=O)c1ccc(C(=O)NC[C@H](O)c2ccccc2C)cc1. The van der Waals surface area contributed by atoms with E-state index in [0.29, 0.717) is 5.56 Å². The summed E-state index contributed by atoms with van der Waals surface area (Å²) in [7, 11) is -2.21. The van der Waals surface area contributed by atoms with Crippen LogP contribution < -0.4 is 10.0 Å². The Morgan fingerprint density at radius 2 is 1.75 bits per heavy atom. The maximum atomic E-state index is 12.1. The zero-order chi connectivity index (χ0) is 17.7. The number of aliphatic hydroxyl groups excluding tert-OH is 1. The highest BCUT2D eigenvalue weighted by atomic mass is 32.2. The van der Waals surface area contributed by atoms with Gasteiger partial charge in [-0.25, -0.2) is 13.1 Å². The van der Waals surface area contributed by atoms with E-state index in [0.717, 1.165) is 11.1 Å². The molecule has 2 aromatic carbocycles. The number of carbonyl (C=O) groups is 1. The number of rotatable bonds is 6. The molecule has 0 spiro atoms. The molecule has 128 valence electrons. The molecule has 0 unspecified atom stereocenters. The van der Waals surface area contributed by atoms with Gasteiger partial charge in [-0.2, -0.15) is 0 Å². The van der Waals surface area contributed by atoms with Crippen molar-refractivity contribution >= 4 is 15.9 Å². The molecule has 0 fully saturated rings. The van der Waals surface area contributed by atoms with Crippen molar-refractivity contribution in [2.24, 2.45) is 0 Å². The number of aryl methyl sites for hydroxylation is 1. The highest BCUT2D eigenvalue weighted by Gasteiger charge is 2.14. The fraction of sp³-hybridized carbons (Fsp3) is 0.235. The van der Waals surface area contributed by atoms with E-state index in [1.54, 1.807) is 0 Å². The standard InChI is InChI=1S/C17H20N2O4S/c1-12-5-3-4-6-15(12)16(20)11-19-17(21)13-7-9-14(10-8-13)24(22,23)18-2/h3-10,16,18,20H,11H2,1-2H3,(H,19,21)/t16-/m0/s1. The smallest absolute Gasteiger partial charge is 0.251 e. The maximum absolute atomic E-state index is 12.1. The lowest BCUT2D eigenvalue weighted by atomic mass is 10.0. The molecule has 0 aliphatic rings. The molecule has 6 nitrogen and oxygen atoms in total. The van der Waals surface area contributed by atoms with Crippen molar-refractivity contribution in [2.45, 2.75) is 17.9 Å². The molecule has 0 saturated carbocycles. The van der Waals surface area contributed by atoms with Crippen LogP contribution in [0.15, 0.2) is 53.4 Å². The van der Waals surface area contributed by atoms with Crippen molar-refractivity contribution in [2.75, 3.05) is 13.6 Å². The van der Waals surface area contributed by atoms with Gasteiger partial charge in [0.25, 0.3) is 5.91 Å². The molecule has 1 amide bonds. The van der Waals surface area contributed by atoms with Crippen molar-refractivity contribution in [3.63, 3.8) is 0 Å². The number of carbonyl (C=O) groups excluding carboxylic acids is 1. The molecular formula is C17H20N2O4S. The lowest BCUT2D eigenvalue weighted by molar-refractivity contribution is 0.0916. The van der Waals surface area contributed by atoms with E-state index >= 15 is 0 Å². The van der Waals surface area contributed by atoms with Crippen LogP contribution in [0.3, 0.4) is 0 Å². The molecule has 0 aliphatic carbocycles. The lowest BCUT2D eigenvalue weighted by Gasteiger charge is -2.14. The van der Waals surface area contributed by atoms with Crippen LogP contribution in [0.2, 0.25) is 0 Å². The normalized spacial score (nSPS) is 12.6. The summed E-state index contributed by atoms with van der Waals surface area (Å²) in [4.78, 5) is 12.2. The molecule has 0 heterocycles. The molecular weight excluding hydrogens is 328 g/mol. The van der Waals surface area contributed by atoms with Gasteiger partial charge in [-0.1, -0.05) is 24.3 Å². The Morgan fingerprint density at radius 1 is 1.12 bits per heavy atom. The molecule has 0 aliphatic heterocycles. The highest BCUT2D eigenvalue weighted by Crippen LogP contribution is 2.16. The molecule has 0 aromatic heterocycles. The first-order valence-corrected chi connectivity index (χ1v) is 8.89. The van der Waals surface area contributed by atoms with Gasteiger partial charge in [-0.3, -0.25) is 4.79 Å². The Hall–Kier alpha value is -2.22. The minimum absolute atomic E-state index is 0.0697. The molecule has 1 atom stereocenters. The Morgan fingerprint density at radius 3 is 2.33 bits per heavy atom. The van der Waals surface area contributed by atoms with Gasteiger partial charge < -0.3 is 10.4 Å². The van der Waals surface area contributed by atoms with Crippen LogP contribution in [0.1, 0.15) is 27.6 Å². The van der Waals surface area contributed by atoms with E-state index in [1.807, 2.05) is 31.2 Å². The highest BCUT2D eigenvalue weighted by molar-refractivity contribution is 7.89. The van der Waals surface area contributed by atoms with Crippen LogP contribution >= 0.6 is 0 Å². The third kappa shape index (κ3) is 4.19. The first-order valence-electron chi connectivity index (χ1n) is 7.40. The topological polar surface area (TPSA) is 95.5 Å². The van der Waals surface area contributed by atoms with Crippen molar-refractivity contribution in [1.29, 1.82) is 0 Å². The summed E-state index contributed by atoms with van der Waals surface area (Å²) in [5.41, 5.74) is 2.02. The average Bonchev–Trinajstić information content (AvgIpc) is 2.60. The van der Waals surface area contributed by atoms with Gasteiger partial charge in [0.15, 0.2) is 0 Å². The first kappa shape index (κ1) is 18.1. The summed E-state index contributed by atoms with van der Waals surface area (Å²) in [5, 5.41) is 12.8. The molecule has 0 radical (unpaired) electrons. The number of benzene rings is 2. The minimum Gasteiger partial charge on any atom is -0.387 e. The number of hydrogen-bond donors (Lipinski definition) is 3. The monoisotopic (exact) mass is 348 g/mol. The first-order chi connectivity index (χ1) is 11.3. The number of hydrogen-bond acceptors (Lipinski definition) is 4. The van der Waals surface area contributed by atoms with Gasteiger partial charge in [0.2, 0.25) is 10.0 Å². The van der Waals surface area contributed by atoms with Gasteiger partial charge >= 0.3 is 0 Å². The second-order valence-electron chi connectivity index (χ2n) is 5.31. The van der Waals surface area contributed by atoms with Crippen LogP contribution in [-0.4, -0.2) is 33.0 Å². The zero-order valence-electron chi connectivity index (χ0n) is 13.5. The van der Waals surface area contributed by atoms with Gasteiger partial charge in [0.1, 0.15) is 0 Å². The van der Waals surface area contributed by atoms with Gasteiger partial charge in [0.05, 0.1) is 11.0 Å².